The predicted octanol–water partition coefficient (Wildman–Crippen LogP) is 2.40. The summed E-state index contributed by atoms with van der Waals surface area (Å²) in [6, 6.07) is 4.64. The van der Waals surface area contributed by atoms with Crippen LogP contribution < -0.4 is 0 Å². The van der Waals surface area contributed by atoms with E-state index >= 15 is 0 Å². The van der Waals surface area contributed by atoms with E-state index < -0.39 is 0 Å². The van der Waals surface area contributed by atoms with Gasteiger partial charge in [0.25, 0.3) is 0 Å². The Kier molecular flexibility index (Phi) is 4.10. The molecule has 0 spiro atoms. The summed E-state index contributed by atoms with van der Waals surface area (Å²) in [7, 11) is 0. The van der Waals surface area contributed by atoms with Crippen molar-refractivity contribution in [2.24, 2.45) is 5.92 Å². The molecule has 2 atom stereocenters. The summed E-state index contributed by atoms with van der Waals surface area (Å²) in [4.78, 5) is 14.4. The van der Waals surface area contributed by atoms with Crippen molar-refractivity contribution in [2.75, 3.05) is 13.1 Å². The summed E-state index contributed by atoms with van der Waals surface area (Å²) in [5.74, 6) is 0.147. The van der Waals surface area contributed by atoms with Gasteiger partial charge in [0.15, 0.2) is 17.3 Å². The van der Waals surface area contributed by atoms with Gasteiger partial charge in [-0.15, -0.1) is 0 Å². The maximum absolute atomic E-state index is 12.2. The van der Waals surface area contributed by atoms with Crippen LogP contribution in [-0.2, 0) is 0 Å². The van der Waals surface area contributed by atoms with Crippen LogP contribution in [0.4, 0.5) is 0 Å². The SMILES string of the molecule is CC1CCCN(CC(=O)c2ccc(O)c(O)c2)C1C. The van der Waals surface area contributed by atoms with Gasteiger partial charge in [0, 0.05) is 11.6 Å². The van der Waals surface area contributed by atoms with E-state index in [-0.39, 0.29) is 17.3 Å². The van der Waals surface area contributed by atoms with E-state index in [1.54, 1.807) is 6.07 Å². The van der Waals surface area contributed by atoms with Gasteiger partial charge in [-0.05, 0) is 50.4 Å². The van der Waals surface area contributed by atoms with Crippen LogP contribution in [0.2, 0.25) is 0 Å². The maximum atomic E-state index is 12.2. The third kappa shape index (κ3) is 3.07. The van der Waals surface area contributed by atoms with E-state index in [1.165, 1.54) is 18.6 Å². The molecule has 1 fully saturated rings. The standard InChI is InChI=1S/C15H21NO3/c1-10-4-3-7-16(11(10)2)9-15(19)12-5-6-13(17)14(18)8-12/h5-6,8,10-11,17-18H,3-4,7,9H2,1-2H3. The monoisotopic (exact) mass is 263 g/mol. The number of ketones is 1. The predicted molar refractivity (Wildman–Crippen MR) is 73.5 cm³/mol. The zero-order valence-electron chi connectivity index (χ0n) is 11.5. The zero-order chi connectivity index (χ0) is 14.0. The molecule has 1 aliphatic heterocycles. The number of carbonyl (C=O) groups is 1. The van der Waals surface area contributed by atoms with Crippen LogP contribution in [0.5, 0.6) is 11.5 Å². The minimum Gasteiger partial charge on any atom is -0.504 e. The molecule has 0 amide bonds. The third-order valence-electron chi connectivity index (χ3n) is 4.15. The van der Waals surface area contributed by atoms with E-state index in [4.69, 9.17) is 0 Å². The van der Waals surface area contributed by atoms with Crippen molar-refractivity contribution in [3.05, 3.63) is 23.8 Å². The second-order valence-corrected chi connectivity index (χ2v) is 5.46. The molecular formula is C15H21NO3. The highest BCUT2D eigenvalue weighted by Gasteiger charge is 2.26. The molecule has 104 valence electrons. The van der Waals surface area contributed by atoms with Crippen molar-refractivity contribution >= 4 is 5.78 Å². The number of nitrogens with zero attached hydrogens (tertiary/aromatic N) is 1. The Hall–Kier alpha value is -1.55. The summed E-state index contributed by atoms with van der Waals surface area (Å²) in [5, 5.41) is 18.7. The molecule has 4 nitrogen and oxygen atoms in total. The molecule has 1 saturated heterocycles. The molecule has 0 aliphatic carbocycles. The van der Waals surface area contributed by atoms with E-state index in [0.29, 0.717) is 24.1 Å². The van der Waals surface area contributed by atoms with Crippen LogP contribution in [0.15, 0.2) is 18.2 Å². The highest BCUT2D eigenvalue weighted by Crippen LogP contribution is 2.26. The summed E-state index contributed by atoms with van der Waals surface area (Å²) in [6.45, 7) is 5.69. The smallest absolute Gasteiger partial charge is 0.176 e. The lowest BCUT2D eigenvalue weighted by Crippen LogP contribution is -2.44. The van der Waals surface area contributed by atoms with Crippen LogP contribution in [0.25, 0.3) is 0 Å². The van der Waals surface area contributed by atoms with Crippen LogP contribution >= 0.6 is 0 Å². The van der Waals surface area contributed by atoms with Crippen LogP contribution in [0, 0.1) is 5.92 Å². The summed E-state index contributed by atoms with van der Waals surface area (Å²) in [6.07, 6.45) is 2.34. The van der Waals surface area contributed by atoms with Crippen molar-refractivity contribution < 1.29 is 15.0 Å². The number of likely N-dealkylation sites (tertiary alicyclic amines) is 1. The van der Waals surface area contributed by atoms with Gasteiger partial charge in [-0.25, -0.2) is 0 Å². The first-order chi connectivity index (χ1) is 8.99. The van der Waals surface area contributed by atoms with Crippen molar-refractivity contribution in [1.82, 2.24) is 4.90 Å². The number of phenolic OH excluding ortho intramolecular Hbond substituents is 2. The average molecular weight is 263 g/mol. The van der Waals surface area contributed by atoms with E-state index in [9.17, 15) is 15.0 Å². The van der Waals surface area contributed by atoms with Crippen molar-refractivity contribution in [2.45, 2.75) is 32.7 Å². The molecular weight excluding hydrogens is 242 g/mol. The van der Waals surface area contributed by atoms with Gasteiger partial charge in [0.05, 0.1) is 6.54 Å². The minimum atomic E-state index is -0.245. The molecule has 0 bridgehead atoms. The second kappa shape index (κ2) is 5.61. The number of hydrogen-bond acceptors (Lipinski definition) is 4. The molecule has 1 aromatic carbocycles. The average Bonchev–Trinajstić information content (AvgIpc) is 2.38. The lowest BCUT2D eigenvalue weighted by Gasteiger charge is -2.37. The number of carbonyl (C=O) groups excluding carboxylic acids is 1. The molecule has 0 aromatic heterocycles. The molecule has 0 radical (unpaired) electrons. The Morgan fingerprint density at radius 3 is 2.74 bits per heavy atom. The Morgan fingerprint density at radius 2 is 2.05 bits per heavy atom. The molecule has 4 heteroatoms. The van der Waals surface area contributed by atoms with E-state index in [1.807, 2.05) is 0 Å². The van der Waals surface area contributed by atoms with Gasteiger partial charge in [-0.3, -0.25) is 9.69 Å². The number of hydrogen-bond donors (Lipinski definition) is 2. The van der Waals surface area contributed by atoms with Crippen molar-refractivity contribution in [3.63, 3.8) is 0 Å². The topological polar surface area (TPSA) is 60.8 Å². The molecule has 1 heterocycles. The van der Waals surface area contributed by atoms with Crippen molar-refractivity contribution in [1.29, 1.82) is 0 Å². The Labute approximate surface area is 113 Å². The summed E-state index contributed by atoms with van der Waals surface area (Å²) < 4.78 is 0. The number of aromatic hydroxyl groups is 2. The quantitative estimate of drug-likeness (QED) is 0.649. The summed E-state index contributed by atoms with van der Waals surface area (Å²) in [5.41, 5.74) is 0.445. The molecule has 0 saturated carbocycles. The summed E-state index contributed by atoms with van der Waals surface area (Å²) >= 11 is 0. The molecule has 2 N–H and O–H groups in total. The van der Waals surface area contributed by atoms with Crippen LogP contribution in [0.3, 0.4) is 0 Å². The maximum Gasteiger partial charge on any atom is 0.176 e. The fourth-order valence-electron chi connectivity index (χ4n) is 2.62. The number of piperidine rings is 1. The second-order valence-electron chi connectivity index (χ2n) is 5.46. The van der Waals surface area contributed by atoms with Gasteiger partial charge in [0.1, 0.15) is 0 Å². The number of benzene rings is 1. The lowest BCUT2D eigenvalue weighted by molar-refractivity contribution is 0.0779. The highest BCUT2D eigenvalue weighted by atomic mass is 16.3. The van der Waals surface area contributed by atoms with E-state index in [0.717, 1.165) is 13.0 Å². The fourth-order valence-corrected chi connectivity index (χ4v) is 2.62. The van der Waals surface area contributed by atoms with E-state index in [2.05, 4.69) is 18.7 Å². The van der Waals surface area contributed by atoms with Crippen LogP contribution in [0.1, 0.15) is 37.0 Å². The molecule has 1 aromatic rings. The Bertz CT molecular complexity index is 472. The molecule has 1 aliphatic rings. The normalized spacial score (nSPS) is 24.3. The number of phenols is 2. The van der Waals surface area contributed by atoms with Gasteiger partial charge in [-0.2, -0.15) is 0 Å². The lowest BCUT2D eigenvalue weighted by atomic mass is 9.91. The molecule has 2 rings (SSSR count). The van der Waals surface area contributed by atoms with Gasteiger partial charge in [0.2, 0.25) is 0 Å². The Balaban J connectivity index is 2.06. The van der Waals surface area contributed by atoms with Gasteiger partial charge < -0.3 is 10.2 Å². The first-order valence-corrected chi connectivity index (χ1v) is 6.78. The van der Waals surface area contributed by atoms with Crippen molar-refractivity contribution in [3.8, 4) is 11.5 Å². The first-order valence-electron chi connectivity index (χ1n) is 6.78. The zero-order valence-corrected chi connectivity index (χ0v) is 11.5. The number of rotatable bonds is 3. The minimum absolute atomic E-state index is 0.0174. The Morgan fingerprint density at radius 1 is 1.32 bits per heavy atom. The number of Topliss-reactive ketones (excluding diaryl/α,β-unsaturated/α-hetero) is 1. The largest absolute Gasteiger partial charge is 0.504 e. The highest BCUT2D eigenvalue weighted by molar-refractivity contribution is 5.98. The molecule has 19 heavy (non-hydrogen) atoms. The fraction of sp³-hybridized carbons (Fsp3) is 0.533. The molecule has 2 unspecified atom stereocenters. The van der Waals surface area contributed by atoms with Crippen LogP contribution in [-0.4, -0.2) is 40.0 Å². The van der Waals surface area contributed by atoms with Gasteiger partial charge in [-0.1, -0.05) is 6.92 Å². The first kappa shape index (κ1) is 13.9. The third-order valence-corrected chi connectivity index (χ3v) is 4.15. The van der Waals surface area contributed by atoms with Gasteiger partial charge >= 0.3 is 0 Å².